The Morgan fingerprint density at radius 3 is 2.32 bits per heavy atom. The van der Waals surface area contributed by atoms with Crippen LogP contribution in [0.15, 0.2) is 48.5 Å². The van der Waals surface area contributed by atoms with Crippen molar-refractivity contribution < 1.29 is 14.3 Å². The standard InChI is InChI=1S/C26H31N5O3/c1-17(32)18-8-14-21(15-9-18)34-16-24(33)27-19-10-12-20(13-11-19)28-26-29-23-7-5-4-6-22(23)25(30-26)31(2)3/h4-9,14-15,19-20H,10-13,16H2,1-3H3,(H,27,33)(H,28,29,30)/t19-,20+. The van der Waals surface area contributed by atoms with Crippen LogP contribution in [0.1, 0.15) is 43.0 Å². The van der Waals surface area contributed by atoms with Gasteiger partial charge in [0.1, 0.15) is 11.6 Å². The van der Waals surface area contributed by atoms with E-state index in [1.807, 2.05) is 43.3 Å². The fourth-order valence-electron chi connectivity index (χ4n) is 4.23. The number of carbonyl (C=O) groups is 2. The largest absolute Gasteiger partial charge is 0.484 e. The first-order valence-electron chi connectivity index (χ1n) is 11.6. The predicted molar refractivity (Wildman–Crippen MR) is 134 cm³/mol. The van der Waals surface area contributed by atoms with Gasteiger partial charge in [0.25, 0.3) is 5.91 Å². The van der Waals surface area contributed by atoms with Crippen LogP contribution >= 0.6 is 0 Å². The second-order valence-corrected chi connectivity index (χ2v) is 8.91. The molecule has 3 aromatic rings. The third kappa shape index (κ3) is 5.81. The van der Waals surface area contributed by atoms with E-state index in [0.717, 1.165) is 42.4 Å². The van der Waals surface area contributed by atoms with Crippen molar-refractivity contribution in [3.8, 4) is 5.75 Å². The summed E-state index contributed by atoms with van der Waals surface area (Å²) in [7, 11) is 3.97. The number of ketones is 1. The van der Waals surface area contributed by atoms with E-state index in [0.29, 0.717) is 17.3 Å². The minimum Gasteiger partial charge on any atom is -0.484 e. The van der Waals surface area contributed by atoms with Crippen LogP contribution in [0, 0.1) is 0 Å². The Labute approximate surface area is 199 Å². The number of anilines is 2. The van der Waals surface area contributed by atoms with Gasteiger partial charge in [0, 0.05) is 37.1 Å². The Kier molecular flexibility index (Phi) is 7.25. The molecule has 0 atom stereocenters. The van der Waals surface area contributed by atoms with Crippen LogP contribution in [-0.4, -0.2) is 54.4 Å². The molecular formula is C26H31N5O3. The third-order valence-electron chi connectivity index (χ3n) is 6.06. The molecule has 8 nitrogen and oxygen atoms in total. The summed E-state index contributed by atoms with van der Waals surface area (Å²) in [6.45, 7) is 1.47. The van der Waals surface area contributed by atoms with E-state index in [9.17, 15) is 9.59 Å². The Hall–Kier alpha value is -3.68. The Morgan fingerprint density at radius 2 is 1.65 bits per heavy atom. The quantitative estimate of drug-likeness (QED) is 0.492. The molecule has 0 radical (unpaired) electrons. The number of fused-ring (bicyclic) bond motifs is 1. The van der Waals surface area contributed by atoms with Gasteiger partial charge in [-0.25, -0.2) is 4.98 Å². The number of rotatable bonds is 8. The Bertz CT molecular complexity index is 1150. The summed E-state index contributed by atoms with van der Waals surface area (Å²) in [5.41, 5.74) is 1.54. The van der Waals surface area contributed by atoms with Crippen LogP contribution in [0.3, 0.4) is 0 Å². The van der Waals surface area contributed by atoms with Crippen molar-refractivity contribution in [3.63, 3.8) is 0 Å². The first-order chi connectivity index (χ1) is 16.4. The van der Waals surface area contributed by atoms with E-state index in [4.69, 9.17) is 14.7 Å². The van der Waals surface area contributed by atoms with E-state index >= 15 is 0 Å². The first-order valence-corrected chi connectivity index (χ1v) is 11.6. The summed E-state index contributed by atoms with van der Waals surface area (Å²) in [5.74, 6) is 1.96. The molecule has 178 valence electrons. The molecule has 1 heterocycles. The summed E-state index contributed by atoms with van der Waals surface area (Å²) in [6.07, 6.45) is 3.60. The fraction of sp³-hybridized carbons (Fsp3) is 0.385. The third-order valence-corrected chi connectivity index (χ3v) is 6.06. The highest BCUT2D eigenvalue weighted by atomic mass is 16.5. The molecule has 1 fully saturated rings. The van der Waals surface area contributed by atoms with Crippen LogP contribution in [0.2, 0.25) is 0 Å². The van der Waals surface area contributed by atoms with Gasteiger partial charge in [-0.2, -0.15) is 4.98 Å². The minimum absolute atomic E-state index is 0.000274. The zero-order chi connectivity index (χ0) is 24.1. The van der Waals surface area contributed by atoms with Crippen molar-refractivity contribution in [1.82, 2.24) is 15.3 Å². The molecule has 8 heteroatoms. The van der Waals surface area contributed by atoms with Gasteiger partial charge in [0.15, 0.2) is 12.4 Å². The number of hydrogen-bond donors (Lipinski definition) is 2. The number of amides is 1. The van der Waals surface area contributed by atoms with Crippen LogP contribution < -0.4 is 20.3 Å². The van der Waals surface area contributed by atoms with Crippen molar-refractivity contribution in [2.24, 2.45) is 0 Å². The lowest BCUT2D eigenvalue weighted by Crippen LogP contribution is -2.42. The Balaban J connectivity index is 1.26. The van der Waals surface area contributed by atoms with E-state index < -0.39 is 0 Å². The highest BCUT2D eigenvalue weighted by Gasteiger charge is 2.23. The summed E-state index contributed by atoms with van der Waals surface area (Å²) in [5, 5.41) is 7.59. The van der Waals surface area contributed by atoms with Gasteiger partial charge < -0.3 is 20.3 Å². The smallest absolute Gasteiger partial charge is 0.258 e. The van der Waals surface area contributed by atoms with Crippen LogP contribution in [0.25, 0.3) is 10.9 Å². The molecule has 0 spiro atoms. The maximum Gasteiger partial charge on any atom is 0.258 e. The molecular weight excluding hydrogens is 430 g/mol. The van der Waals surface area contributed by atoms with Gasteiger partial charge in [0.2, 0.25) is 5.95 Å². The molecule has 1 amide bonds. The van der Waals surface area contributed by atoms with Crippen molar-refractivity contribution >= 4 is 34.4 Å². The topological polar surface area (TPSA) is 96.5 Å². The van der Waals surface area contributed by atoms with E-state index in [1.165, 1.54) is 6.92 Å². The molecule has 1 aliphatic rings. The highest BCUT2D eigenvalue weighted by molar-refractivity contribution is 5.94. The maximum absolute atomic E-state index is 12.3. The van der Waals surface area contributed by atoms with Crippen molar-refractivity contribution in [3.05, 3.63) is 54.1 Å². The number of para-hydroxylation sites is 1. The SMILES string of the molecule is CC(=O)c1ccc(OCC(=O)N[C@H]2CC[C@@H](Nc3nc(N(C)C)c4ccccc4n3)CC2)cc1. The van der Waals surface area contributed by atoms with Gasteiger partial charge in [-0.05, 0) is 69.0 Å². The molecule has 1 aliphatic carbocycles. The van der Waals surface area contributed by atoms with Gasteiger partial charge in [-0.3, -0.25) is 9.59 Å². The molecule has 1 saturated carbocycles. The molecule has 2 N–H and O–H groups in total. The molecule has 2 aromatic carbocycles. The van der Waals surface area contributed by atoms with Crippen molar-refractivity contribution in [2.75, 3.05) is 30.9 Å². The second kappa shape index (κ2) is 10.5. The number of nitrogens with one attached hydrogen (secondary N) is 2. The average Bonchev–Trinajstić information content (AvgIpc) is 2.83. The van der Waals surface area contributed by atoms with Gasteiger partial charge in [-0.1, -0.05) is 12.1 Å². The summed E-state index contributed by atoms with van der Waals surface area (Å²) in [6, 6.07) is 15.2. The van der Waals surface area contributed by atoms with Crippen molar-refractivity contribution in [1.29, 1.82) is 0 Å². The van der Waals surface area contributed by atoms with Crippen molar-refractivity contribution in [2.45, 2.75) is 44.7 Å². The molecule has 1 aromatic heterocycles. The van der Waals surface area contributed by atoms with Gasteiger partial charge in [0.05, 0.1) is 5.52 Å². The highest BCUT2D eigenvalue weighted by Crippen LogP contribution is 2.26. The van der Waals surface area contributed by atoms with Crippen LogP contribution in [-0.2, 0) is 4.79 Å². The lowest BCUT2D eigenvalue weighted by Gasteiger charge is -2.30. The number of carbonyl (C=O) groups excluding carboxylic acids is 2. The fourth-order valence-corrected chi connectivity index (χ4v) is 4.23. The average molecular weight is 462 g/mol. The number of hydrogen-bond acceptors (Lipinski definition) is 7. The normalized spacial score (nSPS) is 17.7. The Morgan fingerprint density at radius 1 is 0.971 bits per heavy atom. The first kappa shape index (κ1) is 23.5. The van der Waals surface area contributed by atoms with Crippen LogP contribution in [0.5, 0.6) is 5.75 Å². The monoisotopic (exact) mass is 461 g/mol. The summed E-state index contributed by atoms with van der Waals surface area (Å²) in [4.78, 5) is 35.1. The van der Waals surface area contributed by atoms with E-state index in [1.54, 1.807) is 24.3 Å². The summed E-state index contributed by atoms with van der Waals surface area (Å²) >= 11 is 0. The molecule has 4 rings (SSSR count). The molecule has 34 heavy (non-hydrogen) atoms. The van der Waals surface area contributed by atoms with Crippen LogP contribution in [0.4, 0.5) is 11.8 Å². The second-order valence-electron chi connectivity index (χ2n) is 8.91. The number of benzene rings is 2. The molecule has 0 unspecified atom stereocenters. The minimum atomic E-state index is -0.138. The summed E-state index contributed by atoms with van der Waals surface area (Å²) < 4.78 is 5.55. The van der Waals surface area contributed by atoms with Gasteiger partial charge in [-0.15, -0.1) is 0 Å². The molecule has 0 saturated heterocycles. The number of nitrogens with zero attached hydrogens (tertiary/aromatic N) is 3. The number of ether oxygens (including phenoxy) is 1. The molecule has 0 aliphatic heterocycles. The van der Waals surface area contributed by atoms with E-state index in [-0.39, 0.29) is 30.4 Å². The zero-order valence-corrected chi connectivity index (χ0v) is 19.9. The maximum atomic E-state index is 12.3. The molecule has 0 bridgehead atoms. The lowest BCUT2D eigenvalue weighted by atomic mass is 9.91. The lowest BCUT2D eigenvalue weighted by molar-refractivity contribution is -0.124. The van der Waals surface area contributed by atoms with Gasteiger partial charge >= 0.3 is 0 Å². The zero-order valence-electron chi connectivity index (χ0n) is 19.9. The number of Topliss-reactive ketones (excluding diaryl/α,β-unsaturated/α-hetero) is 1. The number of aromatic nitrogens is 2. The van der Waals surface area contributed by atoms with E-state index in [2.05, 4.69) is 10.6 Å². The predicted octanol–water partition coefficient (Wildman–Crippen LogP) is 3.82.